The van der Waals surface area contributed by atoms with Gasteiger partial charge >= 0.3 is 0 Å². The zero-order valence-electron chi connectivity index (χ0n) is 10.9. The van der Waals surface area contributed by atoms with E-state index in [1.165, 1.54) is 24.0 Å². The van der Waals surface area contributed by atoms with Crippen molar-refractivity contribution in [2.24, 2.45) is 11.8 Å². The Morgan fingerprint density at radius 1 is 1.06 bits per heavy atom. The van der Waals surface area contributed by atoms with Crippen molar-refractivity contribution in [1.29, 1.82) is 0 Å². The zero-order chi connectivity index (χ0) is 11.8. The standard InChI is InChI=1S/C16H22O/c1-11(13-7-8-13)12(2)17-16-9-14-5-3-4-6-15(14)10-16/h3-6,11-13,16H,7-10H2,1-2H3. The van der Waals surface area contributed by atoms with E-state index in [1.807, 2.05) is 0 Å². The van der Waals surface area contributed by atoms with Crippen molar-refractivity contribution < 1.29 is 4.74 Å². The lowest BCUT2D eigenvalue weighted by molar-refractivity contribution is -0.0281. The van der Waals surface area contributed by atoms with E-state index in [1.54, 1.807) is 0 Å². The number of benzene rings is 1. The summed E-state index contributed by atoms with van der Waals surface area (Å²) in [5.41, 5.74) is 2.98. The fourth-order valence-electron chi connectivity index (χ4n) is 3.05. The summed E-state index contributed by atoms with van der Waals surface area (Å²) in [4.78, 5) is 0. The molecule has 2 atom stereocenters. The first-order valence-corrected chi connectivity index (χ1v) is 6.96. The molecule has 1 fully saturated rings. The summed E-state index contributed by atoms with van der Waals surface area (Å²) in [7, 11) is 0. The van der Waals surface area contributed by atoms with Gasteiger partial charge in [0.25, 0.3) is 0 Å². The summed E-state index contributed by atoms with van der Waals surface area (Å²) >= 11 is 0. The van der Waals surface area contributed by atoms with Gasteiger partial charge in [-0.05, 0) is 55.6 Å². The van der Waals surface area contributed by atoms with Crippen molar-refractivity contribution in [3.63, 3.8) is 0 Å². The molecule has 1 aromatic rings. The molecule has 2 aliphatic carbocycles. The van der Waals surface area contributed by atoms with Crippen molar-refractivity contribution in [1.82, 2.24) is 0 Å². The van der Waals surface area contributed by atoms with Crippen LogP contribution in [0.2, 0.25) is 0 Å². The molecule has 0 radical (unpaired) electrons. The van der Waals surface area contributed by atoms with Gasteiger partial charge in [0.2, 0.25) is 0 Å². The van der Waals surface area contributed by atoms with E-state index >= 15 is 0 Å². The van der Waals surface area contributed by atoms with Gasteiger partial charge in [0.1, 0.15) is 0 Å². The number of hydrogen-bond donors (Lipinski definition) is 0. The number of rotatable bonds is 4. The molecule has 0 saturated heterocycles. The first-order valence-electron chi connectivity index (χ1n) is 6.96. The Bertz CT molecular complexity index is 369. The Labute approximate surface area is 104 Å². The average Bonchev–Trinajstić information content (AvgIpc) is 3.08. The van der Waals surface area contributed by atoms with E-state index < -0.39 is 0 Å². The fourth-order valence-corrected chi connectivity index (χ4v) is 3.05. The maximum Gasteiger partial charge on any atom is 0.0659 e. The SMILES string of the molecule is CC(OC1Cc2ccccc2C1)C(C)C1CC1. The first-order chi connectivity index (χ1) is 8.24. The van der Waals surface area contributed by atoms with Gasteiger partial charge in [-0.15, -0.1) is 0 Å². The first kappa shape index (κ1) is 11.3. The van der Waals surface area contributed by atoms with Crippen LogP contribution in [0.1, 0.15) is 37.8 Å². The van der Waals surface area contributed by atoms with Gasteiger partial charge in [-0.25, -0.2) is 0 Å². The van der Waals surface area contributed by atoms with Crippen molar-refractivity contribution in [2.45, 2.75) is 51.7 Å². The van der Waals surface area contributed by atoms with Gasteiger partial charge in [-0.2, -0.15) is 0 Å². The third-order valence-corrected chi connectivity index (χ3v) is 4.53. The van der Waals surface area contributed by atoms with Crippen LogP contribution in [0.3, 0.4) is 0 Å². The number of ether oxygens (including phenoxy) is 1. The third-order valence-electron chi connectivity index (χ3n) is 4.53. The molecule has 2 unspecified atom stereocenters. The van der Waals surface area contributed by atoms with Crippen LogP contribution in [0.15, 0.2) is 24.3 Å². The van der Waals surface area contributed by atoms with Gasteiger partial charge < -0.3 is 4.74 Å². The van der Waals surface area contributed by atoms with Gasteiger partial charge in [-0.3, -0.25) is 0 Å². The second-order valence-corrected chi connectivity index (χ2v) is 5.84. The van der Waals surface area contributed by atoms with Gasteiger partial charge in [0.05, 0.1) is 12.2 Å². The Morgan fingerprint density at radius 2 is 1.65 bits per heavy atom. The highest BCUT2D eigenvalue weighted by atomic mass is 16.5. The molecule has 0 amide bonds. The molecule has 0 heterocycles. The van der Waals surface area contributed by atoms with E-state index in [2.05, 4.69) is 38.1 Å². The summed E-state index contributed by atoms with van der Waals surface area (Å²) in [6, 6.07) is 8.76. The molecule has 0 spiro atoms. The number of hydrogen-bond acceptors (Lipinski definition) is 1. The highest BCUT2D eigenvalue weighted by Crippen LogP contribution is 2.39. The van der Waals surface area contributed by atoms with E-state index in [0.717, 1.165) is 24.7 Å². The Balaban J connectivity index is 1.58. The maximum absolute atomic E-state index is 6.26. The zero-order valence-corrected chi connectivity index (χ0v) is 10.9. The predicted molar refractivity (Wildman–Crippen MR) is 70.1 cm³/mol. The lowest BCUT2D eigenvalue weighted by Crippen LogP contribution is -2.26. The summed E-state index contributed by atoms with van der Waals surface area (Å²) in [6.45, 7) is 4.61. The van der Waals surface area contributed by atoms with Crippen LogP contribution in [0.5, 0.6) is 0 Å². The molecule has 3 rings (SSSR count). The minimum Gasteiger partial charge on any atom is -0.374 e. The lowest BCUT2D eigenvalue weighted by Gasteiger charge is -2.24. The average molecular weight is 230 g/mol. The predicted octanol–water partition coefficient (Wildman–Crippen LogP) is 3.61. The molecule has 17 heavy (non-hydrogen) atoms. The summed E-state index contributed by atoms with van der Waals surface area (Å²) in [6.07, 6.45) is 5.89. The smallest absolute Gasteiger partial charge is 0.0659 e. The Hall–Kier alpha value is -0.820. The minimum atomic E-state index is 0.418. The lowest BCUT2D eigenvalue weighted by atomic mass is 10.0. The van der Waals surface area contributed by atoms with E-state index in [4.69, 9.17) is 4.74 Å². The molecule has 0 bridgehead atoms. The van der Waals surface area contributed by atoms with Crippen LogP contribution in [-0.2, 0) is 17.6 Å². The van der Waals surface area contributed by atoms with Gasteiger partial charge in [0.15, 0.2) is 0 Å². The van der Waals surface area contributed by atoms with Crippen molar-refractivity contribution in [2.75, 3.05) is 0 Å². The van der Waals surface area contributed by atoms with Crippen LogP contribution in [0.4, 0.5) is 0 Å². The molecular formula is C16H22O. The van der Waals surface area contributed by atoms with Crippen LogP contribution in [-0.4, -0.2) is 12.2 Å². The molecule has 2 aliphatic rings. The molecule has 1 saturated carbocycles. The van der Waals surface area contributed by atoms with Crippen molar-refractivity contribution in [3.05, 3.63) is 35.4 Å². The van der Waals surface area contributed by atoms with Crippen LogP contribution in [0, 0.1) is 11.8 Å². The van der Waals surface area contributed by atoms with Gasteiger partial charge in [-0.1, -0.05) is 31.2 Å². The largest absolute Gasteiger partial charge is 0.374 e. The second-order valence-electron chi connectivity index (χ2n) is 5.84. The van der Waals surface area contributed by atoms with Crippen LogP contribution in [0.25, 0.3) is 0 Å². The van der Waals surface area contributed by atoms with E-state index in [-0.39, 0.29) is 0 Å². The fraction of sp³-hybridized carbons (Fsp3) is 0.625. The molecule has 1 aromatic carbocycles. The summed E-state index contributed by atoms with van der Waals surface area (Å²) in [5.74, 6) is 1.67. The van der Waals surface area contributed by atoms with Crippen molar-refractivity contribution >= 4 is 0 Å². The quantitative estimate of drug-likeness (QED) is 0.768. The summed E-state index contributed by atoms with van der Waals surface area (Å²) in [5, 5.41) is 0. The third kappa shape index (κ3) is 2.40. The monoisotopic (exact) mass is 230 g/mol. The van der Waals surface area contributed by atoms with Crippen LogP contribution < -0.4 is 0 Å². The van der Waals surface area contributed by atoms with E-state index in [0.29, 0.717) is 12.2 Å². The van der Waals surface area contributed by atoms with Crippen molar-refractivity contribution in [3.8, 4) is 0 Å². The van der Waals surface area contributed by atoms with Gasteiger partial charge in [0, 0.05) is 0 Å². The topological polar surface area (TPSA) is 9.23 Å². The minimum absolute atomic E-state index is 0.418. The molecule has 1 heteroatoms. The Morgan fingerprint density at radius 3 is 2.18 bits per heavy atom. The molecule has 0 aliphatic heterocycles. The Kier molecular flexibility index (Phi) is 2.96. The normalized spacial score (nSPS) is 23.4. The second kappa shape index (κ2) is 4.45. The van der Waals surface area contributed by atoms with E-state index in [9.17, 15) is 0 Å². The molecular weight excluding hydrogens is 208 g/mol. The molecule has 0 N–H and O–H groups in total. The highest BCUT2D eigenvalue weighted by molar-refractivity contribution is 5.32. The molecule has 0 aromatic heterocycles. The van der Waals surface area contributed by atoms with Crippen LogP contribution >= 0.6 is 0 Å². The number of fused-ring (bicyclic) bond motifs is 1. The molecule has 92 valence electrons. The summed E-state index contributed by atoms with van der Waals surface area (Å²) < 4.78 is 6.26. The molecule has 1 nitrogen and oxygen atoms in total. The maximum atomic E-state index is 6.26. The highest BCUT2D eigenvalue weighted by Gasteiger charge is 2.33.